The Morgan fingerprint density at radius 1 is 0.476 bits per heavy atom. The molecule has 6 amide bonds. The molecule has 0 aliphatic heterocycles. The topological polar surface area (TPSA) is 256 Å². The quantitative estimate of drug-likeness (QED) is 0.0606. The average Bonchev–Trinajstić information content (AvgIpc) is 4.02. The van der Waals surface area contributed by atoms with E-state index >= 15 is 0 Å². The van der Waals surface area contributed by atoms with Crippen LogP contribution in [0.2, 0.25) is 0 Å². The van der Waals surface area contributed by atoms with Gasteiger partial charge >= 0.3 is 36.4 Å². The first-order valence-corrected chi connectivity index (χ1v) is 19.4. The molecule has 21 nitrogen and oxygen atoms in total. The van der Waals surface area contributed by atoms with E-state index in [9.17, 15) is 28.8 Å². The van der Waals surface area contributed by atoms with Crippen molar-refractivity contribution in [1.29, 1.82) is 0 Å². The molecule has 0 atom stereocenters. The lowest BCUT2D eigenvalue weighted by Crippen LogP contribution is -2.40. The van der Waals surface area contributed by atoms with Crippen molar-refractivity contribution in [2.75, 3.05) is 51.7 Å². The molecule has 0 saturated carbocycles. The monoisotopic (exact) mass is 860 g/mol. The Morgan fingerprint density at radius 3 is 0.984 bits per heavy atom. The van der Waals surface area contributed by atoms with E-state index in [2.05, 4.69) is 46.9 Å². The van der Waals surface area contributed by atoms with Crippen LogP contribution in [-0.4, -0.2) is 84.8 Å². The molecule has 0 saturated heterocycles. The highest BCUT2D eigenvalue weighted by molar-refractivity contribution is 5.95. The van der Waals surface area contributed by atoms with Crippen LogP contribution in [0.15, 0.2) is 110 Å². The molecule has 6 N–H and O–H groups in total. The van der Waals surface area contributed by atoms with Gasteiger partial charge in [-0.2, -0.15) is 0 Å². The fourth-order valence-electron chi connectivity index (χ4n) is 5.90. The van der Waals surface area contributed by atoms with E-state index in [-0.39, 0.29) is 26.2 Å². The van der Waals surface area contributed by atoms with E-state index in [0.29, 0.717) is 51.6 Å². The van der Waals surface area contributed by atoms with E-state index in [0.717, 1.165) is 0 Å². The first-order chi connectivity index (χ1) is 30.3. The lowest BCUT2D eigenvalue weighted by Gasteiger charge is -2.31. The fourth-order valence-corrected chi connectivity index (χ4v) is 5.90. The number of anilines is 6. The zero-order valence-electron chi connectivity index (χ0n) is 34.6. The number of carbonyl (C=O) groups excluding carboxylic acids is 6. The summed E-state index contributed by atoms with van der Waals surface area (Å²) in [4.78, 5) is 89.7. The third kappa shape index (κ3) is 12.1. The van der Waals surface area contributed by atoms with Crippen LogP contribution in [0.25, 0.3) is 0 Å². The number of imidazole rings is 3. The van der Waals surface area contributed by atoms with E-state index < -0.39 is 41.8 Å². The fraction of sp³-hybridized carbons (Fsp3) is 0.214. The summed E-state index contributed by atoms with van der Waals surface area (Å²) in [5.41, 5.74) is 0.781. The Hall–Kier alpha value is -8.49. The lowest BCUT2D eigenvalue weighted by atomic mass is 9.88. The number of ether oxygens (including phenoxy) is 3. The molecular weight excluding hydrogens is 817 g/mol. The van der Waals surface area contributed by atoms with Crippen molar-refractivity contribution in [3.63, 3.8) is 0 Å². The lowest BCUT2D eigenvalue weighted by molar-refractivity contribution is -0.0104. The molecule has 0 spiro atoms. The third-order valence-electron chi connectivity index (χ3n) is 9.49. The summed E-state index contributed by atoms with van der Waals surface area (Å²) in [6, 6.07) is 17.8. The van der Waals surface area contributed by atoms with E-state index in [1.165, 1.54) is 69.1 Å². The van der Waals surface area contributed by atoms with Crippen LogP contribution in [0, 0.1) is 26.2 Å². The maximum absolute atomic E-state index is 13.2. The molecule has 3 aromatic heterocycles. The van der Waals surface area contributed by atoms with Crippen molar-refractivity contribution in [2.24, 2.45) is 5.41 Å². The number of aryl methyl sites for hydroxylation is 3. The second kappa shape index (κ2) is 20.2. The molecule has 326 valence electrons. The highest BCUT2D eigenvalue weighted by atomic mass is 16.6. The summed E-state index contributed by atoms with van der Waals surface area (Å²) in [5, 5.41) is 16.0. The van der Waals surface area contributed by atoms with Crippen LogP contribution in [-0.2, 0) is 14.2 Å². The highest BCUT2D eigenvalue weighted by Crippen LogP contribution is 2.26. The second-order valence-corrected chi connectivity index (χ2v) is 14.0. The van der Waals surface area contributed by atoms with Crippen molar-refractivity contribution in [3.8, 4) is 0 Å². The molecule has 0 aliphatic rings. The number of nitrogens with one attached hydrogen (secondary N) is 6. The number of aromatic nitrogens is 6. The number of rotatable bonds is 13. The predicted octanol–water partition coefficient (Wildman–Crippen LogP) is 7.88. The van der Waals surface area contributed by atoms with Crippen molar-refractivity contribution < 1.29 is 43.0 Å². The van der Waals surface area contributed by atoms with Crippen molar-refractivity contribution in [2.45, 2.75) is 34.1 Å². The molecular formula is C42H44N12O9. The molecule has 6 aromatic rings. The predicted molar refractivity (Wildman–Crippen MR) is 231 cm³/mol. The van der Waals surface area contributed by atoms with Gasteiger partial charge in [-0.15, -0.1) is 0 Å². The summed E-state index contributed by atoms with van der Waals surface area (Å²) in [6.07, 6.45) is 6.57. The van der Waals surface area contributed by atoms with Gasteiger partial charge in [0.1, 0.15) is 37.3 Å². The van der Waals surface area contributed by atoms with Gasteiger partial charge in [-0.25, -0.2) is 43.7 Å². The van der Waals surface area contributed by atoms with E-state index in [1.54, 1.807) is 82.3 Å². The number of hydrogen-bond acceptors (Lipinski definition) is 12. The van der Waals surface area contributed by atoms with Crippen LogP contribution in [0.1, 0.15) is 30.8 Å². The van der Waals surface area contributed by atoms with Gasteiger partial charge in [0.25, 0.3) is 0 Å². The third-order valence-corrected chi connectivity index (χ3v) is 9.49. The van der Waals surface area contributed by atoms with Gasteiger partial charge in [0.2, 0.25) is 0 Å². The van der Waals surface area contributed by atoms with Gasteiger partial charge < -0.3 is 30.2 Å². The molecule has 3 heterocycles. The van der Waals surface area contributed by atoms with Crippen LogP contribution in [0.3, 0.4) is 0 Å². The van der Waals surface area contributed by atoms with Gasteiger partial charge in [0.15, 0.2) is 0 Å². The standard InChI is InChI=1S/C42H44N12O9/c1-5-42(24-61-39(58)49-33-12-6-9-30(21-33)46-36(55)52-18-15-43-27(52)2,25-62-40(59)50-34-13-7-10-31(22-34)47-37(56)53-19-16-44-28(53)3)26-63-41(60)51-35-14-8-11-32(23-35)48-38(57)54-20-17-45-29(54)4/h6-23H,5,24-26H2,1-4H3,(H,46,55)(H,47,56)(H,48,57)(H,49,58)(H,50,59)(H,51,60). The molecule has 21 heteroatoms. The SMILES string of the molecule is CCC(COC(=O)Nc1cccc(NC(=O)n2ccnc2C)c1)(COC(=O)Nc1cccc(NC(=O)n2ccnc2C)c1)COC(=O)Nc1cccc(NC(=O)n2ccnc2C)c1. The maximum atomic E-state index is 13.2. The maximum Gasteiger partial charge on any atom is 0.411 e. The zero-order chi connectivity index (χ0) is 44.9. The van der Waals surface area contributed by atoms with Gasteiger partial charge in [-0.3, -0.25) is 29.7 Å². The Balaban J connectivity index is 1.10. The minimum atomic E-state index is -1.26. The molecule has 0 aliphatic carbocycles. The Bertz CT molecular complexity index is 2340. The molecule has 0 fully saturated rings. The largest absolute Gasteiger partial charge is 0.448 e. The Morgan fingerprint density at radius 2 is 0.746 bits per heavy atom. The van der Waals surface area contributed by atoms with Gasteiger partial charge in [0, 0.05) is 71.3 Å². The summed E-state index contributed by atoms with van der Waals surface area (Å²) in [5.74, 6) is 1.46. The number of carbonyl (C=O) groups is 6. The summed E-state index contributed by atoms with van der Waals surface area (Å²) in [6.45, 7) is 5.64. The van der Waals surface area contributed by atoms with Crippen LogP contribution >= 0.6 is 0 Å². The minimum Gasteiger partial charge on any atom is -0.448 e. The first kappa shape index (κ1) is 44.1. The van der Waals surface area contributed by atoms with E-state index in [1.807, 2.05) is 0 Å². The number of nitrogens with zero attached hydrogens (tertiary/aromatic N) is 6. The first-order valence-electron chi connectivity index (χ1n) is 19.4. The van der Waals surface area contributed by atoms with E-state index in [4.69, 9.17) is 14.2 Å². The summed E-state index contributed by atoms with van der Waals surface area (Å²) in [7, 11) is 0. The molecule has 0 radical (unpaired) electrons. The minimum absolute atomic E-state index is 0.195. The van der Waals surface area contributed by atoms with Crippen LogP contribution in [0.5, 0.6) is 0 Å². The number of amides is 6. The number of benzene rings is 3. The second-order valence-electron chi connectivity index (χ2n) is 14.0. The molecule has 3 aromatic carbocycles. The van der Waals surface area contributed by atoms with Gasteiger partial charge in [0.05, 0.1) is 5.41 Å². The van der Waals surface area contributed by atoms with Gasteiger partial charge in [-0.05, 0) is 81.8 Å². The highest BCUT2D eigenvalue weighted by Gasteiger charge is 2.34. The number of hydrogen-bond donors (Lipinski definition) is 6. The smallest absolute Gasteiger partial charge is 0.411 e. The van der Waals surface area contributed by atoms with Gasteiger partial charge in [-0.1, -0.05) is 25.1 Å². The van der Waals surface area contributed by atoms with Crippen LogP contribution in [0.4, 0.5) is 62.9 Å². The van der Waals surface area contributed by atoms with Crippen molar-refractivity contribution in [1.82, 2.24) is 28.7 Å². The van der Waals surface area contributed by atoms with Crippen molar-refractivity contribution in [3.05, 3.63) is 127 Å². The molecule has 63 heavy (non-hydrogen) atoms. The molecule has 0 bridgehead atoms. The molecule has 6 rings (SSSR count). The van der Waals surface area contributed by atoms with Crippen molar-refractivity contribution >= 4 is 70.5 Å². The average molecular weight is 861 g/mol. The summed E-state index contributed by atoms with van der Waals surface area (Å²) < 4.78 is 20.8. The summed E-state index contributed by atoms with van der Waals surface area (Å²) >= 11 is 0. The Kier molecular flexibility index (Phi) is 14.1. The zero-order valence-corrected chi connectivity index (χ0v) is 34.6. The Labute approximate surface area is 360 Å². The normalized spacial score (nSPS) is 10.9. The van der Waals surface area contributed by atoms with Crippen LogP contribution < -0.4 is 31.9 Å². The molecule has 0 unspecified atom stereocenters.